The van der Waals surface area contributed by atoms with E-state index in [1.807, 2.05) is 42.5 Å². The molecule has 2 heterocycles. The molecule has 0 saturated heterocycles. The highest BCUT2D eigenvalue weighted by Gasteiger charge is 2.13. The summed E-state index contributed by atoms with van der Waals surface area (Å²) in [6, 6.07) is 15.8. The molecule has 0 fully saturated rings. The molecule has 0 saturated carbocycles. The van der Waals surface area contributed by atoms with Crippen molar-refractivity contribution in [1.82, 2.24) is 19.9 Å². The summed E-state index contributed by atoms with van der Waals surface area (Å²) < 4.78 is 0. The van der Waals surface area contributed by atoms with Crippen LogP contribution < -0.4 is 0 Å². The van der Waals surface area contributed by atoms with Crippen molar-refractivity contribution >= 4 is 11.6 Å². The number of aromatic nitrogens is 4. The lowest BCUT2D eigenvalue weighted by Crippen LogP contribution is -1.97. The Morgan fingerprint density at radius 1 is 0.758 bits per heavy atom. The van der Waals surface area contributed by atoms with Crippen molar-refractivity contribution < 1.29 is 0 Å². The van der Waals surface area contributed by atoms with Crippen LogP contribution in [-0.4, -0.2) is 19.9 Å². The molecule has 5 nitrogen and oxygen atoms in total. The zero-order valence-electron chi connectivity index (χ0n) is 19.0. The van der Waals surface area contributed by atoms with Crippen molar-refractivity contribution in [3.8, 4) is 39.6 Å². The normalized spacial score (nSPS) is 11.1. The highest BCUT2D eigenvalue weighted by molar-refractivity contribution is 6.33. The third kappa shape index (κ3) is 4.92. The van der Waals surface area contributed by atoms with Gasteiger partial charge in [-0.3, -0.25) is 0 Å². The Morgan fingerprint density at radius 2 is 1.48 bits per heavy atom. The number of hydrogen-bond acceptors (Lipinski definition) is 5. The van der Waals surface area contributed by atoms with Crippen LogP contribution in [0, 0.1) is 11.3 Å². The van der Waals surface area contributed by atoms with Crippen LogP contribution in [0.15, 0.2) is 61.2 Å². The van der Waals surface area contributed by atoms with Gasteiger partial charge in [-0.2, -0.15) is 5.26 Å². The fourth-order valence-electron chi connectivity index (χ4n) is 3.55. The van der Waals surface area contributed by atoms with Gasteiger partial charge in [0.15, 0.2) is 0 Å². The van der Waals surface area contributed by atoms with Crippen molar-refractivity contribution in [2.24, 2.45) is 0 Å². The molecule has 2 aromatic heterocycles. The molecule has 0 radical (unpaired) electrons. The van der Waals surface area contributed by atoms with Gasteiger partial charge in [-0.1, -0.05) is 45.4 Å². The zero-order chi connectivity index (χ0) is 23.5. The van der Waals surface area contributed by atoms with Crippen molar-refractivity contribution in [2.75, 3.05) is 0 Å². The Kier molecular flexibility index (Phi) is 6.48. The summed E-state index contributed by atoms with van der Waals surface area (Å²) in [5.41, 5.74) is 6.69. The Hall–Kier alpha value is -3.62. The van der Waals surface area contributed by atoms with E-state index in [1.165, 1.54) is 0 Å². The van der Waals surface area contributed by atoms with Crippen LogP contribution in [0.3, 0.4) is 0 Å². The zero-order valence-corrected chi connectivity index (χ0v) is 19.8. The molecule has 0 amide bonds. The summed E-state index contributed by atoms with van der Waals surface area (Å²) in [4.78, 5) is 17.8. The summed E-state index contributed by atoms with van der Waals surface area (Å²) in [6.07, 6.45) is 5.19. The second-order valence-corrected chi connectivity index (χ2v) is 8.98. The minimum Gasteiger partial charge on any atom is -0.241 e. The average molecular weight is 454 g/mol. The molecule has 0 N–H and O–H groups in total. The molecule has 0 aliphatic rings. The van der Waals surface area contributed by atoms with E-state index in [2.05, 4.69) is 53.7 Å². The first-order valence-corrected chi connectivity index (χ1v) is 11.2. The summed E-state index contributed by atoms with van der Waals surface area (Å²) in [7, 11) is 0. The molecule has 4 aromatic rings. The van der Waals surface area contributed by atoms with E-state index in [1.54, 1.807) is 18.7 Å². The molecule has 0 aliphatic heterocycles. The van der Waals surface area contributed by atoms with E-state index in [-0.39, 0.29) is 5.92 Å². The van der Waals surface area contributed by atoms with Gasteiger partial charge in [0.25, 0.3) is 0 Å². The van der Waals surface area contributed by atoms with Crippen LogP contribution in [0.5, 0.6) is 0 Å². The maximum absolute atomic E-state index is 9.65. The van der Waals surface area contributed by atoms with E-state index in [0.29, 0.717) is 16.5 Å². The number of hydrogen-bond donors (Lipinski definition) is 0. The smallest absolute Gasteiger partial charge is 0.130 e. The lowest BCUT2D eigenvalue weighted by molar-refractivity contribution is 0.775. The molecular formula is C27H24ClN5. The SMILES string of the molecule is CC(C)c1cc(-c2ccc(Cl)c(-c3cc(C#N)cc(-c4cnc(C(C)C)nc4)c3)c2)ncn1. The van der Waals surface area contributed by atoms with Crippen LogP contribution in [0.4, 0.5) is 0 Å². The molecule has 0 unspecified atom stereocenters. The molecule has 2 aromatic carbocycles. The van der Waals surface area contributed by atoms with Crippen LogP contribution >= 0.6 is 11.6 Å². The number of halogens is 1. The van der Waals surface area contributed by atoms with Crippen molar-refractivity contribution in [3.05, 3.63) is 83.3 Å². The van der Waals surface area contributed by atoms with Gasteiger partial charge in [-0.15, -0.1) is 0 Å². The molecule has 0 bridgehead atoms. The van der Waals surface area contributed by atoms with Crippen LogP contribution in [-0.2, 0) is 0 Å². The Labute approximate surface area is 199 Å². The van der Waals surface area contributed by atoms with Gasteiger partial charge in [-0.25, -0.2) is 19.9 Å². The fraction of sp³-hybridized carbons (Fsp3) is 0.222. The van der Waals surface area contributed by atoms with Crippen LogP contribution in [0.1, 0.15) is 56.6 Å². The van der Waals surface area contributed by atoms with Gasteiger partial charge in [0.1, 0.15) is 12.2 Å². The molecule has 33 heavy (non-hydrogen) atoms. The third-order valence-electron chi connectivity index (χ3n) is 5.44. The van der Waals surface area contributed by atoms with Crippen LogP contribution in [0.2, 0.25) is 5.02 Å². The highest BCUT2D eigenvalue weighted by Crippen LogP contribution is 2.35. The number of benzene rings is 2. The first-order valence-electron chi connectivity index (χ1n) is 10.9. The van der Waals surface area contributed by atoms with Gasteiger partial charge in [-0.05, 0) is 53.4 Å². The van der Waals surface area contributed by atoms with Gasteiger partial charge in [0, 0.05) is 45.7 Å². The first-order chi connectivity index (χ1) is 15.9. The van der Waals surface area contributed by atoms with Gasteiger partial charge < -0.3 is 0 Å². The monoisotopic (exact) mass is 453 g/mol. The molecule has 0 aliphatic carbocycles. The summed E-state index contributed by atoms with van der Waals surface area (Å²) in [6.45, 7) is 8.32. The topological polar surface area (TPSA) is 75.3 Å². The minimum atomic E-state index is 0.250. The quantitative estimate of drug-likeness (QED) is 0.324. The summed E-state index contributed by atoms with van der Waals surface area (Å²) >= 11 is 6.61. The number of rotatable bonds is 5. The second kappa shape index (κ2) is 9.48. The number of nitriles is 1. The minimum absolute atomic E-state index is 0.250. The van der Waals surface area contributed by atoms with E-state index >= 15 is 0 Å². The lowest BCUT2D eigenvalue weighted by Gasteiger charge is -2.12. The molecular weight excluding hydrogens is 430 g/mol. The Balaban J connectivity index is 1.80. The van der Waals surface area contributed by atoms with E-state index in [0.717, 1.165) is 45.0 Å². The highest BCUT2D eigenvalue weighted by atomic mass is 35.5. The molecule has 6 heteroatoms. The predicted octanol–water partition coefficient (Wildman–Crippen LogP) is 7.04. The van der Waals surface area contributed by atoms with Gasteiger partial charge >= 0.3 is 0 Å². The molecule has 4 rings (SSSR count). The fourth-order valence-corrected chi connectivity index (χ4v) is 3.78. The van der Waals surface area contributed by atoms with Crippen molar-refractivity contribution in [1.29, 1.82) is 5.26 Å². The molecule has 0 spiro atoms. The Morgan fingerprint density at radius 3 is 2.15 bits per heavy atom. The Bertz CT molecular complexity index is 1340. The lowest BCUT2D eigenvalue weighted by atomic mass is 9.95. The standard InChI is InChI=1S/C27H24ClN5/c1-16(2)25-11-26(33-15-32-25)19-5-6-24(28)23(10-19)21-8-18(12-29)7-20(9-21)22-13-30-27(17(3)4)31-14-22/h5-11,13-17H,1-4H3. The van der Waals surface area contributed by atoms with Crippen molar-refractivity contribution in [2.45, 2.75) is 39.5 Å². The van der Waals surface area contributed by atoms with Crippen LogP contribution in [0.25, 0.3) is 33.5 Å². The predicted molar refractivity (Wildman–Crippen MR) is 132 cm³/mol. The molecule has 164 valence electrons. The first kappa shape index (κ1) is 22.6. The summed E-state index contributed by atoms with van der Waals surface area (Å²) in [5, 5.41) is 10.3. The van der Waals surface area contributed by atoms with E-state index in [9.17, 15) is 5.26 Å². The van der Waals surface area contributed by atoms with Gasteiger partial charge in [0.2, 0.25) is 0 Å². The van der Waals surface area contributed by atoms with Crippen molar-refractivity contribution in [3.63, 3.8) is 0 Å². The maximum Gasteiger partial charge on any atom is 0.130 e. The van der Waals surface area contributed by atoms with E-state index in [4.69, 9.17) is 11.6 Å². The number of nitrogens with zero attached hydrogens (tertiary/aromatic N) is 5. The second-order valence-electron chi connectivity index (χ2n) is 8.57. The average Bonchev–Trinajstić information content (AvgIpc) is 2.84. The maximum atomic E-state index is 9.65. The summed E-state index contributed by atoms with van der Waals surface area (Å²) in [5.74, 6) is 1.34. The third-order valence-corrected chi connectivity index (χ3v) is 5.77. The van der Waals surface area contributed by atoms with Gasteiger partial charge in [0.05, 0.1) is 17.3 Å². The largest absolute Gasteiger partial charge is 0.241 e. The van der Waals surface area contributed by atoms with E-state index < -0.39 is 0 Å². The molecule has 0 atom stereocenters.